The van der Waals surface area contributed by atoms with Gasteiger partial charge in [-0.25, -0.2) is 4.98 Å². The zero-order valence-corrected chi connectivity index (χ0v) is 12.1. The predicted octanol–water partition coefficient (Wildman–Crippen LogP) is 3.55. The zero-order valence-electron chi connectivity index (χ0n) is 12.1. The summed E-state index contributed by atoms with van der Waals surface area (Å²) < 4.78 is 0. The van der Waals surface area contributed by atoms with E-state index in [1.807, 2.05) is 12.1 Å². The smallest absolute Gasteiger partial charge is 0.127 e. The van der Waals surface area contributed by atoms with Gasteiger partial charge in [0.15, 0.2) is 0 Å². The first-order chi connectivity index (χ1) is 9.73. The van der Waals surface area contributed by atoms with Crippen LogP contribution in [0.1, 0.15) is 32.6 Å². The quantitative estimate of drug-likeness (QED) is 0.896. The Morgan fingerprint density at radius 3 is 2.90 bits per heavy atom. The average Bonchev–Trinajstić information content (AvgIpc) is 2.49. The summed E-state index contributed by atoms with van der Waals surface area (Å²) in [5.74, 6) is 1.54. The number of aromatic nitrogens is 1. The fourth-order valence-corrected chi connectivity index (χ4v) is 3.34. The number of para-hydroxylation sites is 1. The minimum Gasteiger partial charge on any atom is -0.363 e. The molecule has 0 spiro atoms. The van der Waals surface area contributed by atoms with Crippen molar-refractivity contribution < 1.29 is 0 Å². The number of nitrogens with zero attached hydrogens (tertiary/aromatic N) is 1. The first-order valence-electron chi connectivity index (χ1n) is 7.57. The van der Waals surface area contributed by atoms with Crippen molar-refractivity contribution in [1.29, 1.82) is 0 Å². The fraction of sp³-hybridized carbons (Fsp3) is 0.471. The monoisotopic (exact) mass is 269 g/mol. The molecule has 1 heterocycles. The van der Waals surface area contributed by atoms with Crippen molar-refractivity contribution in [2.24, 2.45) is 11.7 Å². The second-order valence-electron chi connectivity index (χ2n) is 6.02. The Morgan fingerprint density at radius 2 is 2.10 bits per heavy atom. The number of nitrogens with two attached hydrogens (primary N) is 1. The van der Waals surface area contributed by atoms with Crippen LogP contribution in [0, 0.1) is 5.92 Å². The number of nitrogens with one attached hydrogen (secondary N) is 1. The molecule has 106 valence electrons. The average molecular weight is 269 g/mol. The van der Waals surface area contributed by atoms with Gasteiger partial charge in [0.25, 0.3) is 0 Å². The van der Waals surface area contributed by atoms with Crippen LogP contribution in [0.4, 0.5) is 5.82 Å². The van der Waals surface area contributed by atoms with Gasteiger partial charge in [-0.1, -0.05) is 38.0 Å². The SMILES string of the molecule is CC1CCCCC1(CN)Nc1ccc2ccccc2n1. The molecular formula is C17H23N3. The Kier molecular flexibility index (Phi) is 3.62. The molecule has 0 radical (unpaired) electrons. The van der Waals surface area contributed by atoms with Crippen molar-refractivity contribution >= 4 is 16.7 Å². The molecule has 2 atom stereocenters. The minimum absolute atomic E-state index is 0.00765. The molecule has 1 saturated carbocycles. The summed E-state index contributed by atoms with van der Waals surface area (Å²) in [5.41, 5.74) is 7.14. The molecule has 1 aliphatic carbocycles. The highest BCUT2D eigenvalue weighted by Gasteiger charge is 2.37. The van der Waals surface area contributed by atoms with E-state index in [4.69, 9.17) is 10.7 Å². The van der Waals surface area contributed by atoms with Crippen LogP contribution in [0.25, 0.3) is 10.9 Å². The van der Waals surface area contributed by atoms with Gasteiger partial charge in [-0.3, -0.25) is 0 Å². The van der Waals surface area contributed by atoms with Gasteiger partial charge in [0.1, 0.15) is 5.82 Å². The molecule has 1 aromatic heterocycles. The lowest BCUT2D eigenvalue weighted by molar-refractivity contribution is 0.235. The third kappa shape index (κ3) is 2.38. The van der Waals surface area contributed by atoms with Gasteiger partial charge in [-0.15, -0.1) is 0 Å². The molecule has 2 aromatic rings. The number of rotatable bonds is 3. The first-order valence-corrected chi connectivity index (χ1v) is 7.57. The Hall–Kier alpha value is -1.61. The number of pyridine rings is 1. The molecule has 0 amide bonds. The predicted molar refractivity (Wildman–Crippen MR) is 84.8 cm³/mol. The molecule has 0 saturated heterocycles. The van der Waals surface area contributed by atoms with E-state index in [1.54, 1.807) is 0 Å². The Morgan fingerprint density at radius 1 is 1.25 bits per heavy atom. The number of benzene rings is 1. The number of fused-ring (bicyclic) bond motifs is 1. The van der Waals surface area contributed by atoms with Crippen molar-refractivity contribution in [3.05, 3.63) is 36.4 Å². The molecule has 1 aromatic carbocycles. The van der Waals surface area contributed by atoms with Gasteiger partial charge in [0.05, 0.1) is 11.1 Å². The normalized spacial score (nSPS) is 26.6. The van der Waals surface area contributed by atoms with Crippen molar-refractivity contribution in [3.8, 4) is 0 Å². The maximum atomic E-state index is 6.10. The fourth-order valence-electron chi connectivity index (χ4n) is 3.34. The van der Waals surface area contributed by atoms with Gasteiger partial charge in [-0.05, 0) is 37.0 Å². The third-order valence-electron chi connectivity index (χ3n) is 4.79. The molecule has 1 fully saturated rings. The number of hydrogen-bond acceptors (Lipinski definition) is 3. The molecule has 0 aliphatic heterocycles. The molecule has 3 heteroatoms. The van der Waals surface area contributed by atoms with Crippen molar-refractivity contribution in [2.75, 3.05) is 11.9 Å². The van der Waals surface area contributed by atoms with E-state index >= 15 is 0 Å². The summed E-state index contributed by atoms with van der Waals surface area (Å²) in [6.07, 6.45) is 4.95. The van der Waals surface area contributed by atoms with Crippen LogP contribution in [0.2, 0.25) is 0 Å². The highest BCUT2D eigenvalue weighted by molar-refractivity contribution is 5.80. The summed E-state index contributed by atoms with van der Waals surface area (Å²) >= 11 is 0. The zero-order chi connectivity index (χ0) is 14.0. The summed E-state index contributed by atoms with van der Waals surface area (Å²) in [7, 11) is 0. The minimum atomic E-state index is 0.00765. The first kappa shape index (κ1) is 13.4. The molecule has 20 heavy (non-hydrogen) atoms. The lowest BCUT2D eigenvalue weighted by Gasteiger charge is -2.43. The maximum absolute atomic E-state index is 6.10. The van der Waals surface area contributed by atoms with Crippen molar-refractivity contribution in [3.63, 3.8) is 0 Å². The highest BCUT2D eigenvalue weighted by atomic mass is 15.1. The lowest BCUT2D eigenvalue weighted by Crippen LogP contribution is -2.52. The molecule has 2 unspecified atom stereocenters. The van der Waals surface area contributed by atoms with E-state index in [1.165, 1.54) is 24.6 Å². The Labute approximate surface area is 120 Å². The van der Waals surface area contributed by atoms with E-state index < -0.39 is 0 Å². The van der Waals surface area contributed by atoms with Gasteiger partial charge in [-0.2, -0.15) is 0 Å². The van der Waals surface area contributed by atoms with Crippen LogP contribution in [0.5, 0.6) is 0 Å². The van der Waals surface area contributed by atoms with Gasteiger partial charge >= 0.3 is 0 Å². The second kappa shape index (κ2) is 5.41. The topological polar surface area (TPSA) is 50.9 Å². The van der Waals surface area contributed by atoms with Crippen molar-refractivity contribution in [2.45, 2.75) is 38.1 Å². The molecular weight excluding hydrogens is 246 g/mol. The van der Waals surface area contributed by atoms with E-state index in [-0.39, 0.29) is 5.54 Å². The molecule has 0 bridgehead atoms. The summed E-state index contributed by atoms with van der Waals surface area (Å²) in [6, 6.07) is 12.4. The van der Waals surface area contributed by atoms with E-state index in [0.717, 1.165) is 17.8 Å². The highest BCUT2D eigenvalue weighted by Crippen LogP contribution is 2.35. The largest absolute Gasteiger partial charge is 0.363 e. The Bertz CT molecular complexity index is 596. The third-order valence-corrected chi connectivity index (χ3v) is 4.79. The molecule has 3 rings (SSSR count). The van der Waals surface area contributed by atoms with Gasteiger partial charge < -0.3 is 11.1 Å². The molecule has 3 nitrogen and oxygen atoms in total. The van der Waals surface area contributed by atoms with Crippen LogP contribution in [0.3, 0.4) is 0 Å². The van der Waals surface area contributed by atoms with Crippen LogP contribution in [0.15, 0.2) is 36.4 Å². The van der Waals surface area contributed by atoms with E-state index in [9.17, 15) is 0 Å². The van der Waals surface area contributed by atoms with Crippen LogP contribution >= 0.6 is 0 Å². The van der Waals surface area contributed by atoms with Gasteiger partial charge in [0, 0.05) is 11.9 Å². The number of hydrogen-bond donors (Lipinski definition) is 2. The van der Waals surface area contributed by atoms with E-state index in [0.29, 0.717) is 12.5 Å². The van der Waals surface area contributed by atoms with E-state index in [2.05, 4.69) is 36.5 Å². The van der Waals surface area contributed by atoms with Gasteiger partial charge in [0.2, 0.25) is 0 Å². The molecule has 3 N–H and O–H groups in total. The summed E-state index contributed by atoms with van der Waals surface area (Å²) in [5, 5.41) is 4.83. The number of anilines is 1. The summed E-state index contributed by atoms with van der Waals surface area (Å²) in [4.78, 5) is 4.73. The second-order valence-corrected chi connectivity index (χ2v) is 6.02. The standard InChI is InChI=1S/C17H23N3/c1-13-6-4-5-11-17(13,12-18)20-16-10-9-14-7-2-3-8-15(14)19-16/h2-3,7-10,13H,4-6,11-12,18H2,1H3,(H,19,20). The lowest BCUT2D eigenvalue weighted by atomic mass is 9.73. The van der Waals surface area contributed by atoms with Crippen LogP contribution in [-0.4, -0.2) is 17.1 Å². The maximum Gasteiger partial charge on any atom is 0.127 e. The van der Waals surface area contributed by atoms with Crippen molar-refractivity contribution in [1.82, 2.24) is 4.98 Å². The Balaban J connectivity index is 1.90. The van der Waals surface area contributed by atoms with Crippen LogP contribution in [-0.2, 0) is 0 Å². The molecule has 1 aliphatic rings. The summed E-state index contributed by atoms with van der Waals surface area (Å²) in [6.45, 7) is 2.97. The van der Waals surface area contributed by atoms with Crippen LogP contribution < -0.4 is 11.1 Å².